The minimum Gasteiger partial charge on any atom is -0.352 e. The first-order valence-corrected chi connectivity index (χ1v) is 17.4. The third-order valence-corrected chi connectivity index (χ3v) is 10.5. The molecule has 4 aromatic rings. The zero-order chi connectivity index (χ0) is 32.7. The number of anilines is 1. The van der Waals surface area contributed by atoms with Gasteiger partial charge in [-0.05, 0) is 68.5 Å². The summed E-state index contributed by atoms with van der Waals surface area (Å²) in [5.41, 5.74) is 4.92. The van der Waals surface area contributed by atoms with Gasteiger partial charge in [0.15, 0.2) is 0 Å². The highest BCUT2D eigenvalue weighted by Crippen LogP contribution is 2.28. The van der Waals surface area contributed by atoms with Gasteiger partial charge in [-0.1, -0.05) is 109 Å². The van der Waals surface area contributed by atoms with Crippen molar-refractivity contribution in [1.29, 1.82) is 0 Å². The largest absolute Gasteiger partial charge is 0.352 e. The van der Waals surface area contributed by atoms with Gasteiger partial charge in [0.1, 0.15) is 12.6 Å². The topological polar surface area (TPSA) is 86.8 Å². The van der Waals surface area contributed by atoms with E-state index in [1.54, 1.807) is 41.3 Å². The van der Waals surface area contributed by atoms with Crippen LogP contribution in [0.25, 0.3) is 0 Å². The van der Waals surface area contributed by atoms with Crippen LogP contribution in [0.3, 0.4) is 0 Å². The number of carbonyl (C=O) groups is 2. The summed E-state index contributed by atoms with van der Waals surface area (Å²) in [4.78, 5) is 30.4. The van der Waals surface area contributed by atoms with Crippen LogP contribution in [0, 0.1) is 20.8 Å². The molecule has 5 rings (SSSR count). The molecule has 0 radical (unpaired) electrons. The molecule has 2 amide bonds. The quantitative estimate of drug-likeness (QED) is 0.192. The number of nitrogens with zero attached hydrogens (tertiary/aromatic N) is 2. The Balaban J connectivity index is 1.57. The fourth-order valence-electron chi connectivity index (χ4n) is 6.01. The van der Waals surface area contributed by atoms with Crippen molar-refractivity contribution in [2.75, 3.05) is 10.8 Å². The first-order chi connectivity index (χ1) is 22.1. The predicted molar refractivity (Wildman–Crippen MR) is 183 cm³/mol. The van der Waals surface area contributed by atoms with Gasteiger partial charge in [0.2, 0.25) is 11.8 Å². The average Bonchev–Trinajstić information content (AvgIpc) is 3.56. The maximum atomic E-state index is 14.7. The van der Waals surface area contributed by atoms with Gasteiger partial charge in [-0.2, -0.15) is 0 Å². The van der Waals surface area contributed by atoms with E-state index < -0.39 is 28.5 Å². The Hall–Kier alpha value is -4.43. The molecule has 240 valence electrons. The molecule has 1 fully saturated rings. The Labute approximate surface area is 273 Å². The molecule has 1 atom stereocenters. The number of nitrogens with one attached hydrogen (secondary N) is 1. The SMILES string of the molecule is Cc1ccc(CN(C(=O)CN(c2ccccc2C)S(=O)(=O)c2ccc(C)cc2)[C@H](Cc2ccccc2)C(=O)NC2CCCC2)cc1. The van der Waals surface area contributed by atoms with Crippen molar-refractivity contribution < 1.29 is 18.0 Å². The first kappa shape index (κ1) is 32.9. The molecule has 0 heterocycles. The lowest BCUT2D eigenvalue weighted by Crippen LogP contribution is -2.54. The zero-order valence-electron chi connectivity index (χ0n) is 26.9. The minimum atomic E-state index is -4.14. The van der Waals surface area contributed by atoms with Crippen LogP contribution in [0.1, 0.15) is 53.5 Å². The van der Waals surface area contributed by atoms with Gasteiger partial charge in [0.25, 0.3) is 10.0 Å². The molecule has 1 N–H and O–H groups in total. The molecule has 0 aliphatic heterocycles. The number of benzene rings is 4. The highest BCUT2D eigenvalue weighted by molar-refractivity contribution is 7.92. The van der Waals surface area contributed by atoms with Crippen LogP contribution in [-0.4, -0.2) is 43.8 Å². The maximum Gasteiger partial charge on any atom is 0.264 e. The van der Waals surface area contributed by atoms with Crippen molar-refractivity contribution in [2.45, 2.75) is 76.4 Å². The molecule has 1 aliphatic rings. The Morgan fingerprint density at radius 2 is 1.35 bits per heavy atom. The van der Waals surface area contributed by atoms with E-state index in [-0.39, 0.29) is 23.4 Å². The van der Waals surface area contributed by atoms with Gasteiger partial charge in [0, 0.05) is 19.0 Å². The molecule has 0 bridgehead atoms. The molecule has 7 nitrogen and oxygen atoms in total. The van der Waals surface area contributed by atoms with Crippen LogP contribution in [0.2, 0.25) is 0 Å². The van der Waals surface area contributed by atoms with Crippen molar-refractivity contribution >= 4 is 27.5 Å². The number of para-hydroxylation sites is 1. The van der Waals surface area contributed by atoms with Crippen molar-refractivity contribution in [3.63, 3.8) is 0 Å². The number of sulfonamides is 1. The lowest BCUT2D eigenvalue weighted by atomic mass is 10.0. The summed E-state index contributed by atoms with van der Waals surface area (Å²) in [6.07, 6.45) is 4.23. The van der Waals surface area contributed by atoms with Gasteiger partial charge >= 0.3 is 0 Å². The molecule has 4 aromatic carbocycles. The maximum absolute atomic E-state index is 14.7. The van der Waals surface area contributed by atoms with E-state index in [0.29, 0.717) is 12.1 Å². The summed E-state index contributed by atoms with van der Waals surface area (Å²) in [5.74, 6) is -0.679. The van der Waals surface area contributed by atoms with Crippen LogP contribution in [0.5, 0.6) is 0 Å². The number of carbonyl (C=O) groups excluding carboxylic acids is 2. The second-order valence-corrected chi connectivity index (χ2v) is 14.2. The molecule has 1 aliphatic carbocycles. The van der Waals surface area contributed by atoms with Crippen LogP contribution < -0.4 is 9.62 Å². The van der Waals surface area contributed by atoms with E-state index in [4.69, 9.17) is 0 Å². The highest BCUT2D eigenvalue weighted by Gasteiger charge is 2.35. The third kappa shape index (κ3) is 8.04. The fourth-order valence-corrected chi connectivity index (χ4v) is 7.48. The molecule has 46 heavy (non-hydrogen) atoms. The predicted octanol–water partition coefficient (Wildman–Crippen LogP) is 6.51. The number of amides is 2. The van der Waals surface area contributed by atoms with E-state index in [2.05, 4.69) is 5.32 Å². The van der Waals surface area contributed by atoms with Crippen molar-refractivity contribution in [1.82, 2.24) is 10.2 Å². The van der Waals surface area contributed by atoms with Gasteiger partial charge in [0.05, 0.1) is 10.6 Å². The standard InChI is InChI=1S/C38H43N3O4S/c1-28-17-21-32(22-18-28)26-40(36(25-31-12-5-4-6-13-31)38(43)39-33-14-8-9-15-33)37(42)27-41(35-16-10-7-11-30(35)3)46(44,45)34-23-19-29(2)20-24-34/h4-7,10-13,16-24,33,36H,8-9,14-15,25-27H2,1-3H3,(H,39,43)/t36-/m1/s1. The second kappa shape index (κ2) is 14.8. The Bertz CT molecular complexity index is 1730. The summed E-state index contributed by atoms with van der Waals surface area (Å²) >= 11 is 0. The first-order valence-electron chi connectivity index (χ1n) is 16.0. The summed E-state index contributed by atoms with van der Waals surface area (Å²) < 4.78 is 29.7. The normalized spacial score (nSPS) is 14.1. The van der Waals surface area contributed by atoms with E-state index >= 15 is 0 Å². The van der Waals surface area contributed by atoms with Crippen molar-refractivity contribution in [2.24, 2.45) is 0 Å². The van der Waals surface area contributed by atoms with Crippen LogP contribution in [0.4, 0.5) is 5.69 Å². The highest BCUT2D eigenvalue weighted by atomic mass is 32.2. The molecule has 1 saturated carbocycles. The van der Waals surface area contributed by atoms with Crippen LogP contribution >= 0.6 is 0 Å². The summed E-state index contributed by atoms with van der Waals surface area (Å²) in [5, 5.41) is 3.22. The van der Waals surface area contributed by atoms with Crippen LogP contribution in [-0.2, 0) is 32.6 Å². The van der Waals surface area contributed by atoms with Gasteiger partial charge in [-0.25, -0.2) is 8.42 Å². The van der Waals surface area contributed by atoms with Crippen molar-refractivity contribution in [3.05, 3.63) is 131 Å². The lowest BCUT2D eigenvalue weighted by molar-refractivity contribution is -0.140. The fraction of sp³-hybridized carbons (Fsp3) is 0.316. The monoisotopic (exact) mass is 637 g/mol. The van der Waals surface area contributed by atoms with E-state index in [1.807, 2.05) is 87.5 Å². The molecular formula is C38H43N3O4S. The summed E-state index contributed by atoms with van der Waals surface area (Å²) in [6.45, 7) is 5.41. The number of rotatable bonds is 12. The molecule has 0 aromatic heterocycles. The van der Waals surface area contributed by atoms with Crippen molar-refractivity contribution in [3.8, 4) is 0 Å². The van der Waals surface area contributed by atoms with Gasteiger partial charge in [-0.3, -0.25) is 13.9 Å². The summed E-state index contributed by atoms with van der Waals surface area (Å²) in [7, 11) is -4.14. The van der Waals surface area contributed by atoms with Gasteiger partial charge in [-0.15, -0.1) is 0 Å². The third-order valence-electron chi connectivity index (χ3n) is 8.72. The minimum absolute atomic E-state index is 0.0625. The molecule has 0 unspecified atom stereocenters. The smallest absolute Gasteiger partial charge is 0.264 e. The zero-order valence-corrected chi connectivity index (χ0v) is 27.7. The van der Waals surface area contributed by atoms with Gasteiger partial charge < -0.3 is 10.2 Å². The number of hydrogen-bond acceptors (Lipinski definition) is 4. The van der Waals surface area contributed by atoms with Crippen LogP contribution in [0.15, 0.2) is 108 Å². The Morgan fingerprint density at radius 3 is 1.98 bits per heavy atom. The Kier molecular flexibility index (Phi) is 10.6. The van der Waals surface area contributed by atoms with E-state index in [1.165, 1.54) is 4.31 Å². The molecule has 0 saturated heterocycles. The Morgan fingerprint density at radius 1 is 0.761 bits per heavy atom. The molecule has 0 spiro atoms. The number of hydrogen-bond donors (Lipinski definition) is 1. The second-order valence-electron chi connectivity index (χ2n) is 12.3. The van der Waals surface area contributed by atoms with E-state index in [0.717, 1.165) is 53.5 Å². The summed E-state index contributed by atoms with van der Waals surface area (Å²) in [6, 6.07) is 30.5. The lowest BCUT2D eigenvalue weighted by Gasteiger charge is -2.34. The molecule has 8 heteroatoms. The number of aryl methyl sites for hydroxylation is 3. The average molecular weight is 638 g/mol. The molecular weight excluding hydrogens is 595 g/mol. The van der Waals surface area contributed by atoms with E-state index in [9.17, 15) is 18.0 Å².